The highest BCUT2D eigenvalue weighted by atomic mass is 35.5. The van der Waals surface area contributed by atoms with Crippen LogP contribution in [-0.4, -0.2) is 0 Å². The average molecular weight is 237 g/mol. The lowest BCUT2D eigenvalue weighted by molar-refractivity contribution is 0.148. The average Bonchev–Trinajstić information content (AvgIpc) is 2.43. The molecule has 5 heteroatoms. The van der Waals surface area contributed by atoms with Crippen LogP contribution in [-0.2, 0) is 0 Å². The van der Waals surface area contributed by atoms with E-state index in [4.69, 9.17) is 11.6 Å². The first kappa shape index (κ1) is 9.80. The first-order valence-corrected chi connectivity index (χ1v) is 4.94. The molecule has 0 aliphatic rings. The molecule has 0 nitrogen and oxygen atoms in total. The first-order valence-electron chi connectivity index (χ1n) is 3.75. The maximum absolute atomic E-state index is 13.1. The zero-order valence-corrected chi connectivity index (χ0v) is 8.30. The molecule has 0 aliphatic carbocycles. The fraction of sp³-hybridized carbons (Fsp3) is 0.111. The van der Waals surface area contributed by atoms with E-state index < -0.39 is 17.8 Å². The summed E-state index contributed by atoms with van der Waals surface area (Å²) in [5.74, 6) is -0.887. The van der Waals surface area contributed by atoms with Crippen LogP contribution in [0.5, 0.6) is 0 Å². The van der Waals surface area contributed by atoms with Crippen molar-refractivity contribution < 1.29 is 13.2 Å². The molecule has 0 aliphatic heterocycles. The topological polar surface area (TPSA) is 0 Å². The number of benzene rings is 1. The maximum Gasteiger partial charge on any atom is 0.267 e. The van der Waals surface area contributed by atoms with Crippen LogP contribution in [0.2, 0.25) is 4.34 Å². The molecular formula is C9H4ClF3S. The Morgan fingerprint density at radius 2 is 2.00 bits per heavy atom. The third kappa shape index (κ3) is 1.48. The Kier molecular flexibility index (Phi) is 2.41. The van der Waals surface area contributed by atoms with Crippen molar-refractivity contribution in [3.8, 4) is 0 Å². The smallest absolute Gasteiger partial charge is 0.206 e. The van der Waals surface area contributed by atoms with Gasteiger partial charge in [-0.05, 0) is 18.2 Å². The van der Waals surface area contributed by atoms with Gasteiger partial charge in [0, 0.05) is 10.1 Å². The molecule has 0 fully saturated rings. The van der Waals surface area contributed by atoms with Crippen molar-refractivity contribution in [2.45, 2.75) is 6.43 Å². The summed E-state index contributed by atoms with van der Waals surface area (Å²) in [5, 5.41) is 0.204. The van der Waals surface area contributed by atoms with E-state index in [2.05, 4.69) is 0 Å². The monoisotopic (exact) mass is 236 g/mol. The summed E-state index contributed by atoms with van der Waals surface area (Å²) in [5.41, 5.74) is -0.564. The second-order valence-corrected chi connectivity index (χ2v) is 4.44. The summed E-state index contributed by atoms with van der Waals surface area (Å²) in [6.07, 6.45) is -2.82. The minimum atomic E-state index is -2.82. The van der Waals surface area contributed by atoms with E-state index >= 15 is 0 Å². The highest BCUT2D eigenvalue weighted by Crippen LogP contribution is 2.36. The summed E-state index contributed by atoms with van der Waals surface area (Å²) >= 11 is 6.82. The van der Waals surface area contributed by atoms with Crippen molar-refractivity contribution in [1.82, 2.24) is 0 Å². The van der Waals surface area contributed by atoms with Crippen molar-refractivity contribution in [2.75, 3.05) is 0 Å². The third-order valence-electron chi connectivity index (χ3n) is 1.88. The van der Waals surface area contributed by atoms with Gasteiger partial charge in [-0.3, -0.25) is 0 Å². The van der Waals surface area contributed by atoms with Crippen LogP contribution in [0.15, 0.2) is 18.2 Å². The van der Waals surface area contributed by atoms with Crippen molar-refractivity contribution >= 4 is 33.0 Å². The zero-order valence-electron chi connectivity index (χ0n) is 6.73. The largest absolute Gasteiger partial charge is 0.267 e. The normalized spacial score (nSPS) is 11.5. The molecule has 14 heavy (non-hydrogen) atoms. The van der Waals surface area contributed by atoms with Crippen molar-refractivity contribution in [1.29, 1.82) is 0 Å². The number of thiophene rings is 1. The predicted octanol–water partition coefficient (Wildman–Crippen LogP) is 4.63. The molecule has 0 radical (unpaired) electrons. The Bertz CT molecular complexity index is 478. The van der Waals surface area contributed by atoms with Crippen LogP contribution in [0, 0.1) is 5.82 Å². The lowest BCUT2D eigenvalue weighted by Crippen LogP contribution is -1.90. The van der Waals surface area contributed by atoms with E-state index in [1.165, 1.54) is 12.1 Å². The standard InChI is InChI=1S/C9H4ClF3S/c10-7-3-4-6(14-7)2-1-5(11)8(4)9(12)13/h1-3,9H. The van der Waals surface area contributed by atoms with Crippen LogP contribution >= 0.6 is 22.9 Å². The second-order valence-electron chi connectivity index (χ2n) is 2.72. The molecule has 0 saturated heterocycles. The van der Waals surface area contributed by atoms with E-state index in [0.717, 1.165) is 17.4 Å². The Morgan fingerprint density at radius 3 is 2.64 bits per heavy atom. The molecule has 0 atom stereocenters. The molecule has 0 saturated carbocycles. The third-order valence-corrected chi connectivity index (χ3v) is 3.11. The summed E-state index contributed by atoms with van der Waals surface area (Å²) in [4.78, 5) is 0. The molecule has 1 heterocycles. The van der Waals surface area contributed by atoms with E-state index in [9.17, 15) is 13.2 Å². The highest BCUT2D eigenvalue weighted by molar-refractivity contribution is 7.22. The van der Waals surface area contributed by atoms with Crippen LogP contribution in [0.25, 0.3) is 10.1 Å². The Balaban J connectivity index is 2.82. The number of alkyl halides is 2. The van der Waals surface area contributed by atoms with E-state index in [1.807, 2.05) is 0 Å². The molecule has 0 bridgehead atoms. The van der Waals surface area contributed by atoms with Crippen molar-refractivity contribution in [2.24, 2.45) is 0 Å². The molecule has 2 rings (SSSR count). The highest BCUT2D eigenvalue weighted by Gasteiger charge is 2.18. The Morgan fingerprint density at radius 1 is 1.29 bits per heavy atom. The number of hydrogen-bond donors (Lipinski definition) is 0. The fourth-order valence-electron chi connectivity index (χ4n) is 1.30. The molecule has 2 aromatic rings. The van der Waals surface area contributed by atoms with Crippen LogP contribution in [0.1, 0.15) is 12.0 Å². The van der Waals surface area contributed by atoms with Gasteiger partial charge in [0.15, 0.2) is 0 Å². The van der Waals surface area contributed by atoms with Crippen molar-refractivity contribution in [3.63, 3.8) is 0 Å². The molecule has 74 valence electrons. The van der Waals surface area contributed by atoms with Crippen molar-refractivity contribution in [3.05, 3.63) is 33.9 Å². The van der Waals surface area contributed by atoms with E-state index in [1.54, 1.807) is 0 Å². The first-order chi connectivity index (χ1) is 6.59. The second kappa shape index (κ2) is 3.44. The predicted molar refractivity (Wildman–Crippen MR) is 51.8 cm³/mol. The van der Waals surface area contributed by atoms with Crippen LogP contribution < -0.4 is 0 Å². The van der Waals surface area contributed by atoms with Gasteiger partial charge in [0.05, 0.1) is 9.90 Å². The van der Waals surface area contributed by atoms with E-state index in [0.29, 0.717) is 9.04 Å². The summed E-state index contributed by atoms with van der Waals surface area (Å²) in [6.45, 7) is 0. The minimum absolute atomic E-state index is 0.204. The zero-order chi connectivity index (χ0) is 10.3. The van der Waals surface area contributed by atoms with Crippen LogP contribution in [0.4, 0.5) is 13.2 Å². The van der Waals surface area contributed by atoms with E-state index in [-0.39, 0.29) is 5.39 Å². The Hall–Kier alpha value is -0.740. The van der Waals surface area contributed by atoms with Gasteiger partial charge in [0.1, 0.15) is 5.82 Å². The number of rotatable bonds is 1. The number of halogens is 4. The fourth-order valence-corrected chi connectivity index (χ4v) is 2.46. The van der Waals surface area contributed by atoms with Gasteiger partial charge in [-0.25, -0.2) is 13.2 Å². The van der Waals surface area contributed by atoms with Gasteiger partial charge in [-0.2, -0.15) is 0 Å². The van der Waals surface area contributed by atoms with Crippen LogP contribution in [0.3, 0.4) is 0 Å². The van der Waals surface area contributed by atoms with Gasteiger partial charge < -0.3 is 0 Å². The summed E-state index contributed by atoms with van der Waals surface area (Å²) < 4.78 is 39.0. The molecular weight excluding hydrogens is 233 g/mol. The molecule has 0 amide bonds. The maximum atomic E-state index is 13.1. The van der Waals surface area contributed by atoms with Gasteiger partial charge in [-0.1, -0.05) is 11.6 Å². The molecule has 0 unspecified atom stereocenters. The SMILES string of the molecule is Fc1ccc2sc(Cl)cc2c1C(F)F. The minimum Gasteiger partial charge on any atom is -0.206 e. The van der Waals surface area contributed by atoms with Gasteiger partial charge in [-0.15, -0.1) is 11.3 Å². The number of fused-ring (bicyclic) bond motifs is 1. The molecule has 1 aromatic carbocycles. The van der Waals surface area contributed by atoms with Gasteiger partial charge >= 0.3 is 0 Å². The molecule has 0 N–H and O–H groups in total. The lowest BCUT2D eigenvalue weighted by Gasteiger charge is -2.02. The summed E-state index contributed by atoms with van der Waals surface area (Å²) in [6, 6.07) is 3.86. The molecule has 1 aromatic heterocycles. The number of hydrogen-bond acceptors (Lipinski definition) is 1. The van der Waals surface area contributed by atoms with Gasteiger partial charge in [0.25, 0.3) is 6.43 Å². The quantitative estimate of drug-likeness (QED) is 0.677. The molecule has 0 spiro atoms. The lowest BCUT2D eigenvalue weighted by atomic mass is 10.1. The van der Waals surface area contributed by atoms with Gasteiger partial charge in [0.2, 0.25) is 0 Å². The Labute approximate surface area is 86.9 Å². The summed E-state index contributed by atoms with van der Waals surface area (Å²) in [7, 11) is 0.